The fraction of sp³-hybridized carbons (Fsp3) is 0.222. The third-order valence-corrected chi connectivity index (χ3v) is 2.24. The minimum Gasteiger partial charge on any atom is -0.465 e. The van der Waals surface area contributed by atoms with E-state index in [2.05, 4.69) is 21.2 Å². The molecule has 1 rings (SSSR count). The van der Waals surface area contributed by atoms with Crippen LogP contribution in [0.1, 0.15) is 11.6 Å². The third kappa shape index (κ3) is 3.85. The lowest BCUT2D eigenvalue weighted by atomic mass is 10.1. The normalized spacial score (nSPS) is 12.2. The van der Waals surface area contributed by atoms with E-state index < -0.39 is 18.0 Å². The van der Waals surface area contributed by atoms with Crippen molar-refractivity contribution in [2.24, 2.45) is 5.73 Å². The molecule has 0 aliphatic carbocycles. The SMILES string of the molecule is NC(CNC(=O)O)c1cc(F)cc(Br)c1. The van der Waals surface area contributed by atoms with Crippen molar-refractivity contribution in [1.82, 2.24) is 5.32 Å². The molecule has 1 amide bonds. The molecule has 0 saturated carbocycles. The molecule has 1 aromatic rings. The number of amides is 1. The van der Waals surface area contributed by atoms with Crippen LogP contribution >= 0.6 is 15.9 Å². The van der Waals surface area contributed by atoms with Crippen LogP contribution in [0.4, 0.5) is 9.18 Å². The highest BCUT2D eigenvalue weighted by Gasteiger charge is 2.09. The summed E-state index contributed by atoms with van der Waals surface area (Å²) in [7, 11) is 0. The molecule has 82 valence electrons. The van der Waals surface area contributed by atoms with E-state index in [4.69, 9.17) is 10.8 Å². The Balaban J connectivity index is 2.72. The summed E-state index contributed by atoms with van der Waals surface area (Å²) >= 11 is 3.13. The van der Waals surface area contributed by atoms with Crippen molar-refractivity contribution >= 4 is 22.0 Å². The lowest BCUT2D eigenvalue weighted by Crippen LogP contribution is -2.30. The average Bonchev–Trinajstić information content (AvgIpc) is 2.12. The fourth-order valence-electron chi connectivity index (χ4n) is 1.10. The van der Waals surface area contributed by atoms with Gasteiger partial charge in [0, 0.05) is 17.1 Å². The molecule has 6 heteroatoms. The van der Waals surface area contributed by atoms with Gasteiger partial charge < -0.3 is 16.2 Å². The first-order valence-electron chi connectivity index (χ1n) is 4.17. The number of carbonyl (C=O) groups is 1. The summed E-state index contributed by atoms with van der Waals surface area (Å²) in [6, 6.07) is 3.67. The molecule has 0 heterocycles. The van der Waals surface area contributed by atoms with Crippen molar-refractivity contribution in [3.8, 4) is 0 Å². The average molecular weight is 277 g/mol. The molecule has 0 spiro atoms. The highest BCUT2D eigenvalue weighted by Crippen LogP contribution is 2.18. The van der Waals surface area contributed by atoms with Crippen LogP contribution in [0.2, 0.25) is 0 Å². The van der Waals surface area contributed by atoms with Crippen LogP contribution in [0, 0.1) is 5.82 Å². The van der Waals surface area contributed by atoms with E-state index in [0.29, 0.717) is 10.0 Å². The maximum Gasteiger partial charge on any atom is 0.404 e. The van der Waals surface area contributed by atoms with Crippen molar-refractivity contribution in [3.05, 3.63) is 34.1 Å². The molecule has 0 aromatic heterocycles. The number of rotatable bonds is 3. The molecule has 0 bridgehead atoms. The van der Waals surface area contributed by atoms with E-state index in [1.807, 2.05) is 0 Å². The van der Waals surface area contributed by atoms with Crippen molar-refractivity contribution in [3.63, 3.8) is 0 Å². The van der Waals surface area contributed by atoms with Crippen molar-refractivity contribution < 1.29 is 14.3 Å². The molecular weight excluding hydrogens is 267 g/mol. The highest BCUT2D eigenvalue weighted by atomic mass is 79.9. The van der Waals surface area contributed by atoms with Gasteiger partial charge in [-0.2, -0.15) is 0 Å². The second-order valence-corrected chi connectivity index (χ2v) is 3.91. The van der Waals surface area contributed by atoms with Crippen LogP contribution in [0.25, 0.3) is 0 Å². The monoisotopic (exact) mass is 276 g/mol. The highest BCUT2D eigenvalue weighted by molar-refractivity contribution is 9.10. The second kappa shape index (κ2) is 5.09. The maximum absolute atomic E-state index is 13.0. The Hall–Kier alpha value is -1.14. The van der Waals surface area contributed by atoms with E-state index in [9.17, 15) is 9.18 Å². The lowest BCUT2D eigenvalue weighted by Gasteiger charge is -2.12. The fourth-order valence-corrected chi connectivity index (χ4v) is 1.59. The molecule has 15 heavy (non-hydrogen) atoms. The van der Waals surface area contributed by atoms with Gasteiger partial charge in [0.25, 0.3) is 0 Å². The van der Waals surface area contributed by atoms with Gasteiger partial charge in [-0.15, -0.1) is 0 Å². The van der Waals surface area contributed by atoms with Crippen molar-refractivity contribution in [1.29, 1.82) is 0 Å². The van der Waals surface area contributed by atoms with Gasteiger partial charge in [-0.1, -0.05) is 15.9 Å². The molecule has 0 saturated heterocycles. The molecular formula is C9H10BrFN2O2. The third-order valence-electron chi connectivity index (χ3n) is 1.79. The van der Waals surface area contributed by atoms with E-state index in [0.717, 1.165) is 0 Å². The van der Waals surface area contributed by atoms with E-state index in [1.54, 1.807) is 6.07 Å². The molecule has 4 nitrogen and oxygen atoms in total. The Morgan fingerprint density at radius 1 is 1.60 bits per heavy atom. The molecule has 1 unspecified atom stereocenters. The minimum absolute atomic E-state index is 0.0469. The Kier molecular flexibility index (Phi) is 4.05. The van der Waals surface area contributed by atoms with Gasteiger partial charge in [-0.3, -0.25) is 0 Å². The van der Waals surface area contributed by atoms with Crippen LogP contribution in [0.15, 0.2) is 22.7 Å². The smallest absolute Gasteiger partial charge is 0.404 e. The number of halogens is 2. The van der Waals surface area contributed by atoms with Gasteiger partial charge in [-0.25, -0.2) is 9.18 Å². The summed E-state index contributed by atoms with van der Waals surface area (Å²) in [5.74, 6) is -0.412. The predicted octanol–water partition coefficient (Wildman–Crippen LogP) is 1.86. The Morgan fingerprint density at radius 2 is 2.27 bits per heavy atom. The zero-order valence-electron chi connectivity index (χ0n) is 7.71. The Labute approximate surface area is 94.4 Å². The molecule has 4 N–H and O–H groups in total. The standard InChI is InChI=1S/C9H10BrFN2O2/c10-6-1-5(2-7(11)3-6)8(12)4-13-9(14)15/h1-3,8,13H,4,12H2,(H,14,15). The summed E-state index contributed by atoms with van der Waals surface area (Å²) in [5, 5.41) is 10.5. The Morgan fingerprint density at radius 3 is 2.80 bits per heavy atom. The number of nitrogens with one attached hydrogen (secondary N) is 1. The largest absolute Gasteiger partial charge is 0.465 e. The molecule has 1 atom stereocenters. The van der Waals surface area contributed by atoms with Crippen molar-refractivity contribution in [2.45, 2.75) is 6.04 Å². The van der Waals surface area contributed by atoms with E-state index >= 15 is 0 Å². The molecule has 0 aliphatic rings. The van der Waals surface area contributed by atoms with Crippen LogP contribution in [0.3, 0.4) is 0 Å². The van der Waals surface area contributed by atoms with Crippen LogP contribution in [-0.2, 0) is 0 Å². The van der Waals surface area contributed by atoms with Gasteiger partial charge in [0.15, 0.2) is 0 Å². The summed E-state index contributed by atoms with van der Waals surface area (Å²) < 4.78 is 13.5. The van der Waals surface area contributed by atoms with Crippen LogP contribution in [-0.4, -0.2) is 17.7 Å². The zero-order chi connectivity index (χ0) is 11.4. The zero-order valence-corrected chi connectivity index (χ0v) is 9.29. The summed E-state index contributed by atoms with van der Waals surface area (Å²) in [5.41, 5.74) is 6.21. The predicted molar refractivity (Wildman–Crippen MR) is 57.1 cm³/mol. The lowest BCUT2D eigenvalue weighted by molar-refractivity contribution is 0.193. The van der Waals surface area contributed by atoms with Crippen molar-refractivity contribution in [2.75, 3.05) is 6.54 Å². The first-order valence-corrected chi connectivity index (χ1v) is 4.96. The molecule has 1 aromatic carbocycles. The second-order valence-electron chi connectivity index (χ2n) is 3.00. The first kappa shape index (κ1) is 11.9. The van der Waals surface area contributed by atoms with Crippen LogP contribution < -0.4 is 11.1 Å². The number of carboxylic acid groups (broad SMARTS) is 1. The van der Waals surface area contributed by atoms with Crippen LogP contribution in [0.5, 0.6) is 0 Å². The first-order chi connectivity index (χ1) is 6.99. The quantitative estimate of drug-likeness (QED) is 0.789. The summed E-state index contributed by atoms with van der Waals surface area (Å²) in [6.45, 7) is 0.0469. The number of hydrogen-bond acceptors (Lipinski definition) is 2. The van der Waals surface area contributed by atoms with Gasteiger partial charge >= 0.3 is 6.09 Å². The maximum atomic E-state index is 13.0. The number of hydrogen-bond donors (Lipinski definition) is 3. The van der Waals surface area contributed by atoms with E-state index in [-0.39, 0.29) is 6.54 Å². The molecule has 0 fully saturated rings. The number of benzene rings is 1. The number of nitrogens with two attached hydrogens (primary N) is 1. The van der Waals surface area contributed by atoms with E-state index in [1.165, 1.54) is 12.1 Å². The topological polar surface area (TPSA) is 75.3 Å². The summed E-state index contributed by atoms with van der Waals surface area (Å²) in [6.07, 6.45) is -1.15. The minimum atomic E-state index is -1.15. The Bertz CT molecular complexity index is 353. The van der Waals surface area contributed by atoms with Gasteiger partial charge in [-0.05, 0) is 23.8 Å². The van der Waals surface area contributed by atoms with Gasteiger partial charge in [0.1, 0.15) is 5.82 Å². The van der Waals surface area contributed by atoms with Gasteiger partial charge in [0.2, 0.25) is 0 Å². The molecule has 0 aliphatic heterocycles. The van der Waals surface area contributed by atoms with Gasteiger partial charge in [0.05, 0.1) is 0 Å². The molecule has 0 radical (unpaired) electrons. The summed E-state index contributed by atoms with van der Waals surface area (Å²) in [4.78, 5) is 10.2.